The van der Waals surface area contributed by atoms with Crippen LogP contribution in [-0.4, -0.2) is 42.1 Å². The van der Waals surface area contributed by atoms with E-state index in [1.807, 2.05) is 58.0 Å². The molecule has 5 heteroatoms. The first-order valence-corrected chi connectivity index (χ1v) is 8.81. The van der Waals surface area contributed by atoms with E-state index in [1.165, 1.54) is 0 Å². The van der Waals surface area contributed by atoms with E-state index in [-0.39, 0.29) is 30.5 Å². The second-order valence-corrected chi connectivity index (χ2v) is 7.88. The van der Waals surface area contributed by atoms with Crippen molar-refractivity contribution in [2.24, 2.45) is 0 Å². The van der Waals surface area contributed by atoms with Gasteiger partial charge in [-0.3, -0.25) is 0 Å². The Morgan fingerprint density at radius 2 is 1.40 bits per heavy atom. The molecule has 2 saturated heterocycles. The molecule has 2 heterocycles. The van der Waals surface area contributed by atoms with Crippen molar-refractivity contribution in [1.82, 2.24) is 0 Å². The van der Waals surface area contributed by atoms with Gasteiger partial charge in [0.1, 0.15) is 30.5 Å². The Bertz CT molecular complexity index is 619. The van der Waals surface area contributed by atoms with Crippen LogP contribution in [0.15, 0.2) is 42.5 Å². The van der Waals surface area contributed by atoms with Crippen LogP contribution in [-0.2, 0) is 30.3 Å². The molecule has 0 amide bonds. The zero-order valence-electron chi connectivity index (χ0n) is 15.2. The van der Waals surface area contributed by atoms with Gasteiger partial charge in [-0.2, -0.15) is 0 Å². The maximum Gasteiger partial charge on any atom is 0.164 e. The third kappa shape index (κ3) is 3.15. The highest BCUT2D eigenvalue weighted by Gasteiger charge is 2.61. The minimum Gasteiger partial charge on any atom is -0.368 e. The van der Waals surface area contributed by atoms with E-state index in [0.717, 1.165) is 11.1 Å². The quantitative estimate of drug-likeness (QED) is 0.787. The second-order valence-electron chi connectivity index (χ2n) is 7.88. The smallest absolute Gasteiger partial charge is 0.164 e. The fourth-order valence-corrected chi connectivity index (χ4v) is 3.94. The number of benzene rings is 1. The summed E-state index contributed by atoms with van der Waals surface area (Å²) in [4.78, 5) is 0. The molecule has 1 saturated carbocycles. The van der Waals surface area contributed by atoms with Crippen LogP contribution in [0.3, 0.4) is 0 Å². The molecular weight excluding hydrogens is 320 g/mol. The van der Waals surface area contributed by atoms with Gasteiger partial charge in [0.05, 0.1) is 6.61 Å². The molecule has 25 heavy (non-hydrogen) atoms. The van der Waals surface area contributed by atoms with Gasteiger partial charge in [-0.25, -0.2) is 0 Å². The standard InChI is InChI=1S/C20H26O5/c1-12-14-17(24-19(2,3)22-14)16(18-15(12)23-20(4,5)25-18)21-11-13-9-7-6-8-10-13/h6-10,14-18H,1,11H2,2-5H3/t14-,15-,16?,17-,18+/m1/s1. The SMILES string of the molecule is C=C1[C@H]2OC(C)(C)O[C@@H]2C(OCc2ccccc2)[C@@H]2OC(C)(C)O[C@H]12. The van der Waals surface area contributed by atoms with Crippen molar-refractivity contribution in [3.05, 3.63) is 48.0 Å². The lowest BCUT2D eigenvalue weighted by Gasteiger charge is -2.39. The fourth-order valence-electron chi connectivity index (χ4n) is 3.94. The minimum atomic E-state index is -0.680. The van der Waals surface area contributed by atoms with Crippen molar-refractivity contribution < 1.29 is 23.7 Å². The Kier molecular flexibility index (Phi) is 4.05. The molecule has 5 atom stereocenters. The molecule has 5 nitrogen and oxygen atoms in total. The highest BCUT2D eigenvalue weighted by molar-refractivity contribution is 5.25. The van der Waals surface area contributed by atoms with Crippen molar-refractivity contribution in [2.75, 3.05) is 0 Å². The first-order chi connectivity index (χ1) is 11.8. The van der Waals surface area contributed by atoms with Gasteiger partial charge >= 0.3 is 0 Å². The molecule has 0 bridgehead atoms. The zero-order chi connectivity index (χ0) is 17.8. The third-order valence-electron chi connectivity index (χ3n) is 4.92. The summed E-state index contributed by atoms with van der Waals surface area (Å²) in [5.41, 5.74) is 1.97. The van der Waals surface area contributed by atoms with Crippen LogP contribution in [0, 0.1) is 0 Å². The van der Waals surface area contributed by atoms with Crippen molar-refractivity contribution in [3.63, 3.8) is 0 Å². The van der Waals surface area contributed by atoms with Crippen molar-refractivity contribution in [1.29, 1.82) is 0 Å². The van der Waals surface area contributed by atoms with Crippen LogP contribution in [0.1, 0.15) is 33.3 Å². The maximum atomic E-state index is 6.28. The summed E-state index contributed by atoms with van der Waals surface area (Å²) in [6, 6.07) is 10.1. The normalized spacial score (nSPS) is 38.4. The Hall–Kier alpha value is -1.24. The Morgan fingerprint density at radius 1 is 0.880 bits per heavy atom. The van der Waals surface area contributed by atoms with Gasteiger partial charge in [0, 0.05) is 0 Å². The van der Waals surface area contributed by atoms with Gasteiger partial charge in [0.2, 0.25) is 0 Å². The molecule has 3 fully saturated rings. The topological polar surface area (TPSA) is 46.2 Å². The molecule has 0 spiro atoms. The van der Waals surface area contributed by atoms with E-state index >= 15 is 0 Å². The average Bonchev–Trinajstić information content (AvgIpc) is 3.04. The first kappa shape index (κ1) is 17.2. The number of ether oxygens (including phenoxy) is 5. The molecule has 1 aromatic carbocycles. The summed E-state index contributed by atoms with van der Waals surface area (Å²) in [5.74, 6) is -1.36. The van der Waals surface area contributed by atoms with Crippen molar-refractivity contribution in [3.8, 4) is 0 Å². The van der Waals surface area contributed by atoms with Crippen LogP contribution >= 0.6 is 0 Å². The molecule has 0 aromatic heterocycles. The molecule has 1 aliphatic carbocycles. The summed E-state index contributed by atoms with van der Waals surface area (Å²) < 4.78 is 30.8. The number of rotatable bonds is 3. The predicted octanol–water partition coefficient (Wildman–Crippen LogP) is 3.18. The van der Waals surface area contributed by atoms with E-state index in [0.29, 0.717) is 6.61 Å². The second kappa shape index (κ2) is 5.89. The van der Waals surface area contributed by atoms with Gasteiger partial charge in [0.15, 0.2) is 11.6 Å². The third-order valence-corrected chi connectivity index (χ3v) is 4.92. The molecule has 0 N–H and O–H groups in total. The molecule has 136 valence electrons. The van der Waals surface area contributed by atoms with Crippen LogP contribution in [0.2, 0.25) is 0 Å². The van der Waals surface area contributed by atoms with Gasteiger partial charge in [-0.1, -0.05) is 36.9 Å². The Labute approximate surface area is 148 Å². The predicted molar refractivity (Wildman–Crippen MR) is 91.8 cm³/mol. The van der Waals surface area contributed by atoms with E-state index in [9.17, 15) is 0 Å². The molecule has 1 aromatic rings. The van der Waals surface area contributed by atoms with Gasteiger partial charge in [-0.05, 0) is 38.8 Å². The lowest BCUT2D eigenvalue weighted by molar-refractivity contribution is -0.190. The lowest BCUT2D eigenvalue weighted by Crippen LogP contribution is -2.55. The van der Waals surface area contributed by atoms with E-state index in [1.54, 1.807) is 0 Å². The molecule has 0 radical (unpaired) electrons. The Balaban J connectivity index is 1.60. The number of hydrogen-bond donors (Lipinski definition) is 0. The van der Waals surface area contributed by atoms with Crippen LogP contribution in [0.25, 0.3) is 0 Å². The van der Waals surface area contributed by atoms with Gasteiger partial charge in [-0.15, -0.1) is 0 Å². The van der Waals surface area contributed by atoms with Crippen molar-refractivity contribution in [2.45, 2.75) is 76.4 Å². The first-order valence-electron chi connectivity index (χ1n) is 8.81. The summed E-state index contributed by atoms with van der Waals surface area (Å²) in [6.45, 7) is 12.3. The lowest BCUT2D eigenvalue weighted by atomic mass is 9.84. The van der Waals surface area contributed by atoms with Crippen molar-refractivity contribution >= 4 is 0 Å². The zero-order valence-corrected chi connectivity index (χ0v) is 15.2. The largest absolute Gasteiger partial charge is 0.368 e. The van der Waals surface area contributed by atoms with E-state index in [4.69, 9.17) is 23.7 Å². The van der Waals surface area contributed by atoms with Crippen LogP contribution in [0.5, 0.6) is 0 Å². The highest BCUT2D eigenvalue weighted by Crippen LogP contribution is 2.47. The maximum absolute atomic E-state index is 6.28. The average molecular weight is 346 g/mol. The Morgan fingerprint density at radius 3 is 1.92 bits per heavy atom. The molecule has 2 aliphatic heterocycles. The molecule has 3 aliphatic rings. The minimum absolute atomic E-state index is 0.255. The summed E-state index contributed by atoms with van der Waals surface area (Å²) in [7, 11) is 0. The molecule has 4 rings (SSSR count). The fraction of sp³-hybridized carbons (Fsp3) is 0.600. The van der Waals surface area contributed by atoms with Gasteiger partial charge in [0.25, 0.3) is 0 Å². The van der Waals surface area contributed by atoms with E-state index in [2.05, 4.69) is 6.58 Å². The molecular formula is C20H26O5. The van der Waals surface area contributed by atoms with Gasteiger partial charge < -0.3 is 23.7 Å². The summed E-state index contributed by atoms with van der Waals surface area (Å²) in [5, 5.41) is 0. The summed E-state index contributed by atoms with van der Waals surface area (Å²) >= 11 is 0. The summed E-state index contributed by atoms with van der Waals surface area (Å²) in [6.07, 6.45) is -1.32. The number of fused-ring (bicyclic) bond motifs is 2. The molecule has 1 unspecified atom stereocenters. The van der Waals surface area contributed by atoms with E-state index < -0.39 is 11.6 Å². The highest BCUT2D eigenvalue weighted by atomic mass is 16.8. The monoisotopic (exact) mass is 346 g/mol. The van der Waals surface area contributed by atoms with Crippen LogP contribution in [0.4, 0.5) is 0 Å². The van der Waals surface area contributed by atoms with Crippen LogP contribution < -0.4 is 0 Å². The number of hydrogen-bond acceptors (Lipinski definition) is 5.